The van der Waals surface area contributed by atoms with Crippen LogP contribution in [0.2, 0.25) is 0 Å². The molecule has 0 bridgehead atoms. The molecular formula is C17H17F2NOS. The van der Waals surface area contributed by atoms with Crippen LogP contribution in [0.25, 0.3) is 0 Å². The van der Waals surface area contributed by atoms with E-state index in [1.165, 1.54) is 17.8 Å². The van der Waals surface area contributed by atoms with Crippen LogP contribution in [0.4, 0.5) is 8.78 Å². The fraction of sp³-hybridized carbons (Fsp3) is 0.235. The molecule has 22 heavy (non-hydrogen) atoms. The lowest BCUT2D eigenvalue weighted by atomic mass is 10.1. The zero-order chi connectivity index (χ0) is 15.9. The van der Waals surface area contributed by atoms with Crippen molar-refractivity contribution in [3.8, 4) is 0 Å². The largest absolute Gasteiger partial charge is 0.350 e. The first-order valence-corrected chi connectivity index (χ1v) is 7.97. The molecule has 2 aromatic rings. The van der Waals surface area contributed by atoms with Gasteiger partial charge in [-0.15, -0.1) is 11.8 Å². The minimum Gasteiger partial charge on any atom is -0.350 e. The van der Waals surface area contributed by atoms with Crippen LogP contribution >= 0.6 is 11.8 Å². The number of amides is 1. The summed E-state index contributed by atoms with van der Waals surface area (Å²) in [5.74, 6) is -1.28. The molecule has 0 spiro atoms. The summed E-state index contributed by atoms with van der Waals surface area (Å²) in [6.07, 6.45) is 0.320. The molecule has 116 valence electrons. The SMILES string of the molecule is CC(NC(=O)CCSc1ccc(F)c(F)c1)c1ccccc1. The molecule has 1 unspecified atom stereocenters. The Bertz CT molecular complexity index is 634. The number of carbonyl (C=O) groups excluding carboxylic acids is 1. The Hall–Kier alpha value is -1.88. The summed E-state index contributed by atoms with van der Waals surface area (Å²) in [4.78, 5) is 12.5. The van der Waals surface area contributed by atoms with Gasteiger partial charge in [-0.05, 0) is 30.7 Å². The number of hydrogen-bond acceptors (Lipinski definition) is 2. The Morgan fingerprint density at radius 2 is 1.86 bits per heavy atom. The van der Waals surface area contributed by atoms with E-state index >= 15 is 0 Å². The third-order valence-corrected chi connectivity index (χ3v) is 4.16. The van der Waals surface area contributed by atoms with Gasteiger partial charge < -0.3 is 5.32 Å². The van der Waals surface area contributed by atoms with Crippen molar-refractivity contribution >= 4 is 17.7 Å². The first-order chi connectivity index (χ1) is 10.6. The van der Waals surface area contributed by atoms with Gasteiger partial charge in [0.05, 0.1) is 6.04 Å². The first-order valence-electron chi connectivity index (χ1n) is 6.98. The first kappa shape index (κ1) is 16.5. The van der Waals surface area contributed by atoms with E-state index in [1.807, 2.05) is 37.3 Å². The van der Waals surface area contributed by atoms with Crippen LogP contribution in [0.15, 0.2) is 53.4 Å². The van der Waals surface area contributed by atoms with Crippen molar-refractivity contribution < 1.29 is 13.6 Å². The Labute approximate surface area is 132 Å². The molecule has 0 radical (unpaired) electrons. The molecule has 0 aliphatic heterocycles. The summed E-state index contributed by atoms with van der Waals surface area (Å²) in [6.45, 7) is 1.93. The zero-order valence-corrected chi connectivity index (χ0v) is 13.0. The maximum absolute atomic E-state index is 13.1. The summed E-state index contributed by atoms with van der Waals surface area (Å²) in [7, 11) is 0. The van der Waals surface area contributed by atoms with Crippen molar-refractivity contribution in [2.45, 2.75) is 24.3 Å². The van der Waals surface area contributed by atoms with E-state index in [4.69, 9.17) is 0 Å². The molecule has 2 rings (SSSR count). The Kier molecular flexibility index (Phi) is 5.95. The van der Waals surface area contributed by atoms with Gasteiger partial charge in [0.15, 0.2) is 11.6 Å². The second-order valence-electron chi connectivity index (χ2n) is 4.87. The van der Waals surface area contributed by atoms with Gasteiger partial charge in [0.25, 0.3) is 0 Å². The van der Waals surface area contributed by atoms with E-state index in [0.717, 1.165) is 17.7 Å². The van der Waals surface area contributed by atoms with Crippen LogP contribution in [-0.2, 0) is 4.79 Å². The van der Waals surface area contributed by atoms with Gasteiger partial charge in [-0.1, -0.05) is 30.3 Å². The zero-order valence-electron chi connectivity index (χ0n) is 12.2. The van der Waals surface area contributed by atoms with Crippen LogP contribution in [0.5, 0.6) is 0 Å². The van der Waals surface area contributed by atoms with Crippen molar-refractivity contribution in [3.63, 3.8) is 0 Å². The molecule has 0 aromatic heterocycles. The molecule has 1 atom stereocenters. The van der Waals surface area contributed by atoms with Crippen LogP contribution in [0, 0.1) is 11.6 Å². The van der Waals surface area contributed by atoms with Gasteiger partial charge in [0, 0.05) is 17.1 Å². The second kappa shape index (κ2) is 7.94. The number of rotatable bonds is 6. The van der Waals surface area contributed by atoms with Crippen LogP contribution in [-0.4, -0.2) is 11.7 Å². The van der Waals surface area contributed by atoms with Crippen LogP contribution in [0.3, 0.4) is 0 Å². The van der Waals surface area contributed by atoms with Crippen molar-refractivity contribution in [2.24, 2.45) is 0 Å². The van der Waals surface area contributed by atoms with Crippen molar-refractivity contribution in [3.05, 3.63) is 65.7 Å². The lowest BCUT2D eigenvalue weighted by Crippen LogP contribution is -2.26. The highest BCUT2D eigenvalue weighted by molar-refractivity contribution is 7.99. The number of halogens is 2. The van der Waals surface area contributed by atoms with E-state index in [1.54, 1.807) is 0 Å². The summed E-state index contributed by atoms with van der Waals surface area (Å²) >= 11 is 1.33. The maximum Gasteiger partial charge on any atom is 0.221 e. The Morgan fingerprint density at radius 3 is 2.55 bits per heavy atom. The minimum absolute atomic E-state index is 0.0537. The van der Waals surface area contributed by atoms with Crippen LogP contribution in [0.1, 0.15) is 24.9 Å². The van der Waals surface area contributed by atoms with E-state index in [2.05, 4.69) is 5.32 Å². The summed E-state index contributed by atoms with van der Waals surface area (Å²) in [5, 5.41) is 2.92. The van der Waals surface area contributed by atoms with Crippen molar-refractivity contribution in [2.75, 3.05) is 5.75 Å². The number of benzene rings is 2. The highest BCUT2D eigenvalue weighted by atomic mass is 32.2. The quantitative estimate of drug-likeness (QED) is 0.803. The molecule has 0 saturated carbocycles. The van der Waals surface area contributed by atoms with Crippen LogP contribution < -0.4 is 5.32 Å². The van der Waals surface area contributed by atoms with Crippen molar-refractivity contribution in [1.82, 2.24) is 5.32 Å². The number of hydrogen-bond donors (Lipinski definition) is 1. The number of thioether (sulfide) groups is 1. The van der Waals surface area contributed by atoms with Gasteiger partial charge in [-0.2, -0.15) is 0 Å². The third kappa shape index (κ3) is 4.84. The second-order valence-corrected chi connectivity index (χ2v) is 6.04. The molecule has 1 amide bonds. The molecule has 1 N–H and O–H groups in total. The van der Waals surface area contributed by atoms with E-state index in [-0.39, 0.29) is 11.9 Å². The minimum atomic E-state index is -0.868. The van der Waals surface area contributed by atoms with Gasteiger partial charge in [0.2, 0.25) is 5.91 Å². The molecule has 0 aliphatic carbocycles. The monoisotopic (exact) mass is 321 g/mol. The molecular weight excluding hydrogens is 304 g/mol. The molecule has 2 nitrogen and oxygen atoms in total. The molecule has 5 heteroatoms. The topological polar surface area (TPSA) is 29.1 Å². The average Bonchev–Trinajstić information content (AvgIpc) is 2.51. The molecule has 0 saturated heterocycles. The number of carbonyl (C=O) groups is 1. The molecule has 2 aromatic carbocycles. The van der Waals surface area contributed by atoms with E-state index in [0.29, 0.717) is 17.1 Å². The summed E-state index contributed by atoms with van der Waals surface area (Å²) < 4.78 is 25.9. The number of nitrogens with one attached hydrogen (secondary N) is 1. The molecule has 0 fully saturated rings. The lowest BCUT2D eigenvalue weighted by molar-refractivity contribution is -0.121. The Balaban J connectivity index is 1.77. The predicted octanol–water partition coefficient (Wildman–Crippen LogP) is 4.32. The predicted molar refractivity (Wildman–Crippen MR) is 84.7 cm³/mol. The highest BCUT2D eigenvalue weighted by Crippen LogP contribution is 2.21. The smallest absolute Gasteiger partial charge is 0.221 e. The van der Waals surface area contributed by atoms with Gasteiger partial charge in [-0.25, -0.2) is 8.78 Å². The summed E-state index contributed by atoms with van der Waals surface area (Å²) in [6, 6.07) is 13.4. The van der Waals surface area contributed by atoms with E-state index < -0.39 is 11.6 Å². The average molecular weight is 321 g/mol. The van der Waals surface area contributed by atoms with Gasteiger partial charge in [0.1, 0.15) is 0 Å². The third-order valence-electron chi connectivity index (χ3n) is 3.17. The van der Waals surface area contributed by atoms with E-state index in [9.17, 15) is 13.6 Å². The fourth-order valence-electron chi connectivity index (χ4n) is 1.97. The molecule has 0 heterocycles. The van der Waals surface area contributed by atoms with Gasteiger partial charge >= 0.3 is 0 Å². The Morgan fingerprint density at radius 1 is 1.14 bits per heavy atom. The highest BCUT2D eigenvalue weighted by Gasteiger charge is 2.09. The maximum atomic E-state index is 13.1. The lowest BCUT2D eigenvalue weighted by Gasteiger charge is -2.14. The normalized spacial score (nSPS) is 12.0. The molecule has 0 aliphatic rings. The fourth-order valence-corrected chi connectivity index (χ4v) is 2.84. The summed E-state index contributed by atoms with van der Waals surface area (Å²) in [5.41, 5.74) is 1.05. The van der Waals surface area contributed by atoms with Gasteiger partial charge in [-0.3, -0.25) is 4.79 Å². The van der Waals surface area contributed by atoms with Crippen molar-refractivity contribution in [1.29, 1.82) is 0 Å². The standard InChI is InChI=1S/C17H17F2NOS/c1-12(13-5-3-2-4-6-13)20-17(21)9-10-22-14-7-8-15(18)16(19)11-14/h2-8,11-12H,9-10H2,1H3,(H,20,21).